The van der Waals surface area contributed by atoms with E-state index >= 15 is 0 Å². The van der Waals surface area contributed by atoms with Gasteiger partial charge in [-0.1, -0.05) is 36.3 Å². The summed E-state index contributed by atoms with van der Waals surface area (Å²) in [5, 5.41) is 9.25. The van der Waals surface area contributed by atoms with E-state index in [4.69, 9.17) is 0 Å². The van der Waals surface area contributed by atoms with Crippen LogP contribution in [0.4, 0.5) is 17.1 Å². The molecule has 204 valence electrons. The highest BCUT2D eigenvalue weighted by molar-refractivity contribution is 7.80. The van der Waals surface area contributed by atoms with Crippen LogP contribution in [0, 0.1) is 11.8 Å². The van der Waals surface area contributed by atoms with Gasteiger partial charge in [0.2, 0.25) is 0 Å². The average Bonchev–Trinajstić information content (AvgIpc) is 3.25. The molecule has 0 spiro atoms. The summed E-state index contributed by atoms with van der Waals surface area (Å²) in [7, 11) is 2.15. The van der Waals surface area contributed by atoms with Crippen LogP contribution in [0.2, 0.25) is 0 Å². The predicted octanol–water partition coefficient (Wildman–Crippen LogP) is 4.54. The zero-order valence-electron chi connectivity index (χ0n) is 22.9. The molecule has 0 saturated carbocycles. The first-order chi connectivity index (χ1) is 19.3. The fourth-order valence-electron chi connectivity index (χ4n) is 4.82. The lowest BCUT2D eigenvalue weighted by molar-refractivity contribution is -0.116. The molecular formula is C32H33N5O2S. The Morgan fingerprint density at radius 1 is 1.00 bits per heavy atom. The number of carbonyl (C=O) groups is 2. The van der Waals surface area contributed by atoms with Gasteiger partial charge in [0.05, 0.1) is 17.0 Å². The average molecular weight is 552 g/mol. The maximum absolute atomic E-state index is 13.4. The van der Waals surface area contributed by atoms with Crippen molar-refractivity contribution in [2.24, 2.45) is 0 Å². The van der Waals surface area contributed by atoms with Gasteiger partial charge in [0.1, 0.15) is 0 Å². The Hall–Kier alpha value is -4.19. The van der Waals surface area contributed by atoms with E-state index in [2.05, 4.69) is 81.5 Å². The number of carbonyl (C=O) groups excluding carboxylic acids is 2. The molecule has 3 aromatic rings. The highest BCUT2D eigenvalue weighted by atomic mass is 32.1. The number of rotatable bonds is 5. The minimum absolute atomic E-state index is 0.00354. The number of hydrogen-bond donors (Lipinski definition) is 4. The lowest BCUT2D eigenvalue weighted by Gasteiger charge is -2.34. The highest BCUT2D eigenvalue weighted by Gasteiger charge is 2.29. The van der Waals surface area contributed by atoms with Crippen LogP contribution in [0.15, 0.2) is 71.6 Å². The van der Waals surface area contributed by atoms with Crippen LogP contribution in [0.5, 0.6) is 0 Å². The van der Waals surface area contributed by atoms with Crippen molar-refractivity contribution >= 4 is 52.8 Å². The molecule has 7 nitrogen and oxygen atoms in total. The number of anilines is 3. The third-order valence-electron chi connectivity index (χ3n) is 6.93. The summed E-state index contributed by atoms with van der Waals surface area (Å²) in [4.78, 5) is 30.7. The number of fused-ring (bicyclic) bond motifs is 1. The number of benzene rings is 3. The number of thiol groups is 1. The summed E-state index contributed by atoms with van der Waals surface area (Å²) in [6, 6.07) is 21.8. The summed E-state index contributed by atoms with van der Waals surface area (Å²) in [6.45, 7) is 7.85. The Bertz CT molecular complexity index is 1510. The predicted molar refractivity (Wildman–Crippen MR) is 166 cm³/mol. The van der Waals surface area contributed by atoms with Crippen molar-refractivity contribution in [3.8, 4) is 11.8 Å². The molecule has 2 aliphatic rings. The number of hydrogen-bond acceptors (Lipinski definition) is 6. The first-order valence-corrected chi connectivity index (χ1v) is 13.8. The minimum Gasteiger partial charge on any atom is -0.369 e. The van der Waals surface area contributed by atoms with Crippen molar-refractivity contribution in [3.63, 3.8) is 0 Å². The van der Waals surface area contributed by atoms with Crippen molar-refractivity contribution in [1.82, 2.24) is 10.2 Å². The van der Waals surface area contributed by atoms with Crippen molar-refractivity contribution in [1.29, 1.82) is 0 Å². The van der Waals surface area contributed by atoms with Gasteiger partial charge in [-0.15, -0.1) is 12.6 Å². The molecule has 3 aromatic carbocycles. The fourth-order valence-corrected chi connectivity index (χ4v) is 5.07. The maximum Gasteiger partial charge on any atom is 0.296 e. The Morgan fingerprint density at radius 2 is 1.70 bits per heavy atom. The molecule has 2 aliphatic heterocycles. The first-order valence-electron chi connectivity index (χ1n) is 13.4. The van der Waals surface area contributed by atoms with Gasteiger partial charge in [-0.05, 0) is 62.9 Å². The van der Waals surface area contributed by atoms with Crippen molar-refractivity contribution < 1.29 is 9.59 Å². The third kappa shape index (κ3) is 6.17. The molecule has 3 N–H and O–H groups in total. The van der Waals surface area contributed by atoms with Crippen LogP contribution < -0.4 is 20.9 Å². The second-order valence-electron chi connectivity index (χ2n) is 10.3. The van der Waals surface area contributed by atoms with E-state index in [0.29, 0.717) is 27.4 Å². The normalized spacial score (nSPS) is 16.1. The quantitative estimate of drug-likeness (QED) is 0.213. The van der Waals surface area contributed by atoms with Gasteiger partial charge < -0.3 is 25.8 Å². The van der Waals surface area contributed by atoms with Gasteiger partial charge in [-0.25, -0.2) is 0 Å². The van der Waals surface area contributed by atoms with Crippen molar-refractivity contribution in [2.75, 3.05) is 48.8 Å². The summed E-state index contributed by atoms with van der Waals surface area (Å²) in [5.74, 6) is 4.91. The Balaban J connectivity index is 1.49. The molecule has 1 fully saturated rings. The maximum atomic E-state index is 13.4. The molecule has 2 heterocycles. The third-order valence-corrected chi connectivity index (χ3v) is 7.30. The number of likely N-dealkylation sites (N-methyl/N-ethyl adjacent to an activating group) is 1. The lowest BCUT2D eigenvalue weighted by atomic mass is 9.99. The number of piperazine rings is 1. The highest BCUT2D eigenvalue weighted by Crippen LogP contribution is 2.40. The standard InChI is InChI=1S/C32H33N5O2S/c1-21(2)33-29(38)14-9-23-19-27-26(20-28(23)40)30(32(39)35-27)31(22-7-5-4-6-8-22)34-24-10-12-25(13-11-24)37-17-15-36(3)16-18-37/h4-8,10-13,19-21,34,40H,15-18H2,1-3H3,(H,33,38)(H,35,39)/b31-30-. The zero-order chi connectivity index (χ0) is 28.2. The molecule has 0 atom stereocenters. The number of nitrogens with zero attached hydrogens (tertiary/aromatic N) is 2. The van der Waals surface area contributed by atoms with E-state index < -0.39 is 0 Å². The van der Waals surface area contributed by atoms with Crippen LogP contribution in [0.25, 0.3) is 11.3 Å². The summed E-state index contributed by atoms with van der Waals surface area (Å²) in [6.07, 6.45) is 0. The summed E-state index contributed by atoms with van der Waals surface area (Å²) >= 11 is 4.64. The molecule has 0 bridgehead atoms. The van der Waals surface area contributed by atoms with Gasteiger partial charge in [0, 0.05) is 65.5 Å². The number of nitrogens with one attached hydrogen (secondary N) is 3. The Labute approximate surface area is 241 Å². The van der Waals surface area contributed by atoms with Crippen molar-refractivity contribution in [3.05, 3.63) is 83.4 Å². The molecule has 0 unspecified atom stereocenters. The van der Waals surface area contributed by atoms with Gasteiger partial charge in [-0.3, -0.25) is 9.59 Å². The monoisotopic (exact) mass is 551 g/mol. The first kappa shape index (κ1) is 27.4. The van der Waals surface area contributed by atoms with E-state index in [0.717, 1.165) is 43.0 Å². The number of amides is 2. The lowest BCUT2D eigenvalue weighted by Crippen LogP contribution is -2.44. The van der Waals surface area contributed by atoms with Crippen LogP contribution in [-0.2, 0) is 9.59 Å². The van der Waals surface area contributed by atoms with Gasteiger partial charge in [-0.2, -0.15) is 0 Å². The second kappa shape index (κ2) is 11.9. The van der Waals surface area contributed by atoms with Crippen LogP contribution >= 0.6 is 12.6 Å². The molecule has 8 heteroatoms. The second-order valence-corrected chi connectivity index (χ2v) is 10.8. The Kier molecular flexibility index (Phi) is 8.15. The van der Waals surface area contributed by atoms with Gasteiger partial charge in [0.25, 0.3) is 11.8 Å². The molecule has 0 aliphatic carbocycles. The van der Waals surface area contributed by atoms with E-state index in [1.54, 1.807) is 6.07 Å². The van der Waals surface area contributed by atoms with Crippen LogP contribution in [-0.4, -0.2) is 56.0 Å². The molecule has 2 amide bonds. The fraction of sp³-hybridized carbons (Fsp3) is 0.250. The van der Waals surface area contributed by atoms with Gasteiger partial charge >= 0.3 is 0 Å². The zero-order valence-corrected chi connectivity index (χ0v) is 23.8. The van der Waals surface area contributed by atoms with Crippen LogP contribution in [0.1, 0.15) is 30.5 Å². The topological polar surface area (TPSA) is 76.7 Å². The molecule has 40 heavy (non-hydrogen) atoms. The molecule has 0 radical (unpaired) electrons. The summed E-state index contributed by atoms with van der Waals surface area (Å²) in [5.41, 5.74) is 6.11. The van der Waals surface area contributed by atoms with Gasteiger partial charge in [0.15, 0.2) is 0 Å². The molecule has 1 saturated heterocycles. The molecule has 5 rings (SSSR count). The molecular weight excluding hydrogens is 518 g/mol. The van der Waals surface area contributed by atoms with E-state index in [-0.39, 0.29) is 17.9 Å². The van der Waals surface area contributed by atoms with Crippen LogP contribution in [0.3, 0.4) is 0 Å². The molecule has 0 aromatic heterocycles. The smallest absolute Gasteiger partial charge is 0.296 e. The minimum atomic E-state index is -0.359. The van der Waals surface area contributed by atoms with E-state index in [1.807, 2.05) is 50.2 Å². The summed E-state index contributed by atoms with van der Waals surface area (Å²) < 4.78 is 0. The van der Waals surface area contributed by atoms with Crippen molar-refractivity contribution in [2.45, 2.75) is 24.8 Å². The van der Waals surface area contributed by atoms with E-state index in [1.165, 1.54) is 5.69 Å². The Morgan fingerprint density at radius 3 is 2.38 bits per heavy atom. The van der Waals surface area contributed by atoms with E-state index in [9.17, 15) is 9.59 Å². The SMILES string of the molecule is CC(C)NC(=O)C#Cc1cc2c(cc1S)/C(=C(/Nc1ccc(N3CCN(C)CC3)cc1)c1ccccc1)C(=O)N2. The largest absolute Gasteiger partial charge is 0.369 e.